The molecular formula is C7H12N2O2S. The molecule has 12 heavy (non-hydrogen) atoms. The molecule has 1 rings (SSSR count). The maximum atomic E-state index is 11.3. The van der Waals surface area contributed by atoms with E-state index in [1.807, 2.05) is 6.07 Å². The van der Waals surface area contributed by atoms with Gasteiger partial charge in [0.2, 0.25) is 10.0 Å². The maximum Gasteiger partial charge on any atom is 0.215 e. The highest BCUT2D eigenvalue weighted by Crippen LogP contribution is 2.27. The van der Waals surface area contributed by atoms with Crippen LogP contribution in [0.4, 0.5) is 0 Å². The van der Waals surface area contributed by atoms with Gasteiger partial charge in [0.05, 0.1) is 11.3 Å². The van der Waals surface area contributed by atoms with E-state index in [4.69, 9.17) is 5.26 Å². The van der Waals surface area contributed by atoms with Crippen LogP contribution in [0.1, 0.15) is 26.2 Å². The van der Waals surface area contributed by atoms with Crippen LogP contribution in [0.3, 0.4) is 0 Å². The largest absolute Gasteiger partial charge is 0.215 e. The molecule has 5 heteroatoms. The normalized spacial score (nSPS) is 20.0. The summed E-state index contributed by atoms with van der Waals surface area (Å²) in [7, 11) is -3.18. The van der Waals surface area contributed by atoms with Crippen LogP contribution in [0, 0.1) is 11.3 Å². The van der Waals surface area contributed by atoms with Gasteiger partial charge in [-0.3, -0.25) is 0 Å². The number of rotatable bonds is 4. The second kappa shape index (κ2) is 3.42. The Kier molecular flexibility index (Phi) is 2.70. The van der Waals surface area contributed by atoms with E-state index >= 15 is 0 Å². The summed E-state index contributed by atoms with van der Waals surface area (Å²) in [5.41, 5.74) is 0. The summed E-state index contributed by atoms with van der Waals surface area (Å²) >= 11 is 0. The Morgan fingerprint density at radius 1 is 1.67 bits per heavy atom. The molecule has 1 aliphatic rings. The molecule has 0 radical (unpaired) electrons. The Labute approximate surface area is 72.6 Å². The molecule has 0 heterocycles. The molecule has 1 saturated carbocycles. The summed E-state index contributed by atoms with van der Waals surface area (Å²) in [6.45, 7) is 1.78. The molecule has 0 amide bonds. The van der Waals surface area contributed by atoms with Crippen LogP contribution < -0.4 is 4.72 Å². The van der Waals surface area contributed by atoms with Gasteiger partial charge in [-0.05, 0) is 19.3 Å². The van der Waals surface area contributed by atoms with Crippen molar-refractivity contribution < 1.29 is 8.42 Å². The van der Waals surface area contributed by atoms with Gasteiger partial charge in [-0.15, -0.1) is 0 Å². The molecule has 68 valence electrons. The van der Waals surface area contributed by atoms with E-state index in [0.29, 0.717) is 6.42 Å². The molecule has 0 saturated heterocycles. The average molecular weight is 188 g/mol. The molecule has 4 nitrogen and oxygen atoms in total. The fraction of sp³-hybridized carbons (Fsp3) is 0.857. The SMILES string of the molecule is CCC(C#N)NS(=O)(=O)C1CC1. The molecule has 0 aliphatic heterocycles. The minimum atomic E-state index is -3.18. The van der Waals surface area contributed by atoms with E-state index in [1.165, 1.54) is 0 Å². The van der Waals surface area contributed by atoms with Crippen LogP contribution in [0.25, 0.3) is 0 Å². The van der Waals surface area contributed by atoms with E-state index in [2.05, 4.69) is 4.72 Å². The van der Waals surface area contributed by atoms with Gasteiger partial charge in [-0.25, -0.2) is 8.42 Å². The van der Waals surface area contributed by atoms with Crippen LogP contribution in [0.2, 0.25) is 0 Å². The Balaban J connectivity index is 2.55. The Morgan fingerprint density at radius 2 is 2.25 bits per heavy atom. The predicted octanol–water partition coefficient (Wildman–Crippen LogP) is 0.370. The first-order chi connectivity index (χ1) is 5.60. The highest BCUT2D eigenvalue weighted by molar-refractivity contribution is 7.90. The Bertz CT molecular complexity index is 287. The zero-order valence-electron chi connectivity index (χ0n) is 6.95. The molecule has 0 aromatic rings. The third-order valence-electron chi connectivity index (χ3n) is 1.83. The highest BCUT2D eigenvalue weighted by atomic mass is 32.2. The Morgan fingerprint density at radius 3 is 2.58 bits per heavy atom. The summed E-state index contributed by atoms with van der Waals surface area (Å²) in [6.07, 6.45) is 1.98. The summed E-state index contributed by atoms with van der Waals surface area (Å²) in [5, 5.41) is 8.28. The van der Waals surface area contributed by atoms with E-state index in [0.717, 1.165) is 12.8 Å². The number of hydrogen-bond donors (Lipinski definition) is 1. The summed E-state index contributed by atoms with van der Waals surface area (Å²) in [5.74, 6) is 0. The van der Waals surface area contributed by atoms with Gasteiger partial charge in [0.25, 0.3) is 0 Å². The smallest absolute Gasteiger partial charge is 0.212 e. The van der Waals surface area contributed by atoms with Crippen molar-refractivity contribution >= 4 is 10.0 Å². The third kappa shape index (κ3) is 2.19. The monoisotopic (exact) mass is 188 g/mol. The van der Waals surface area contributed by atoms with Crippen LogP contribution in [-0.2, 0) is 10.0 Å². The quantitative estimate of drug-likeness (QED) is 0.693. The van der Waals surface area contributed by atoms with Gasteiger partial charge in [-0.2, -0.15) is 9.98 Å². The summed E-state index contributed by atoms with van der Waals surface area (Å²) in [6, 6.07) is 1.34. The fourth-order valence-corrected chi connectivity index (χ4v) is 2.44. The Hall–Kier alpha value is -0.600. The standard InChI is InChI=1S/C7H12N2O2S/c1-2-6(5-8)9-12(10,11)7-3-4-7/h6-7,9H,2-4H2,1H3. The predicted molar refractivity (Wildman–Crippen MR) is 44.8 cm³/mol. The molecule has 1 aliphatic carbocycles. The second-order valence-corrected chi connectivity index (χ2v) is 4.94. The number of hydrogen-bond acceptors (Lipinski definition) is 3. The maximum absolute atomic E-state index is 11.3. The van der Waals surface area contributed by atoms with Crippen molar-refractivity contribution in [1.29, 1.82) is 5.26 Å². The lowest BCUT2D eigenvalue weighted by Crippen LogP contribution is -2.35. The van der Waals surface area contributed by atoms with Gasteiger partial charge in [0.1, 0.15) is 6.04 Å². The van der Waals surface area contributed by atoms with Crippen molar-refractivity contribution in [1.82, 2.24) is 4.72 Å². The zero-order valence-corrected chi connectivity index (χ0v) is 7.76. The van der Waals surface area contributed by atoms with E-state index < -0.39 is 16.1 Å². The molecule has 1 atom stereocenters. The number of nitrogens with zero attached hydrogens (tertiary/aromatic N) is 1. The minimum Gasteiger partial charge on any atom is -0.212 e. The third-order valence-corrected chi connectivity index (χ3v) is 3.80. The second-order valence-electron chi connectivity index (χ2n) is 2.95. The molecule has 1 unspecified atom stereocenters. The first-order valence-electron chi connectivity index (χ1n) is 4.01. The molecule has 1 fully saturated rings. The van der Waals surface area contributed by atoms with E-state index in [1.54, 1.807) is 6.92 Å². The zero-order chi connectivity index (χ0) is 9.19. The number of nitrogens with one attached hydrogen (secondary N) is 1. The summed E-state index contributed by atoms with van der Waals surface area (Å²) in [4.78, 5) is 0. The number of sulfonamides is 1. The number of nitriles is 1. The summed E-state index contributed by atoms with van der Waals surface area (Å²) < 4.78 is 24.9. The van der Waals surface area contributed by atoms with Crippen LogP contribution in [-0.4, -0.2) is 19.7 Å². The van der Waals surface area contributed by atoms with Gasteiger partial charge < -0.3 is 0 Å². The lowest BCUT2D eigenvalue weighted by molar-refractivity contribution is 0.568. The fourth-order valence-electron chi connectivity index (χ4n) is 0.874. The molecule has 0 spiro atoms. The molecule has 0 aromatic carbocycles. The van der Waals surface area contributed by atoms with Gasteiger partial charge >= 0.3 is 0 Å². The van der Waals surface area contributed by atoms with Crippen molar-refractivity contribution in [2.45, 2.75) is 37.5 Å². The van der Waals surface area contributed by atoms with Crippen LogP contribution in [0.15, 0.2) is 0 Å². The first-order valence-corrected chi connectivity index (χ1v) is 5.55. The van der Waals surface area contributed by atoms with Crippen molar-refractivity contribution in [3.05, 3.63) is 0 Å². The van der Waals surface area contributed by atoms with Crippen LogP contribution in [0.5, 0.6) is 0 Å². The van der Waals surface area contributed by atoms with Crippen molar-refractivity contribution in [3.63, 3.8) is 0 Å². The molecule has 0 aromatic heterocycles. The molecular weight excluding hydrogens is 176 g/mol. The van der Waals surface area contributed by atoms with Crippen molar-refractivity contribution in [3.8, 4) is 6.07 Å². The lowest BCUT2D eigenvalue weighted by Gasteiger charge is -2.08. The topological polar surface area (TPSA) is 70.0 Å². The average Bonchev–Trinajstić information content (AvgIpc) is 2.82. The molecule has 0 bridgehead atoms. The lowest BCUT2D eigenvalue weighted by atomic mass is 10.3. The van der Waals surface area contributed by atoms with Crippen molar-refractivity contribution in [2.75, 3.05) is 0 Å². The first kappa shape index (κ1) is 9.49. The minimum absolute atomic E-state index is 0.236. The van der Waals surface area contributed by atoms with Crippen molar-refractivity contribution in [2.24, 2.45) is 0 Å². The van der Waals surface area contributed by atoms with Crippen LogP contribution >= 0.6 is 0 Å². The van der Waals surface area contributed by atoms with Gasteiger partial charge in [0, 0.05) is 0 Å². The van der Waals surface area contributed by atoms with Gasteiger partial charge in [0.15, 0.2) is 0 Å². The molecule has 1 N–H and O–H groups in total. The van der Waals surface area contributed by atoms with Gasteiger partial charge in [-0.1, -0.05) is 6.92 Å². The van der Waals surface area contributed by atoms with E-state index in [9.17, 15) is 8.42 Å². The van der Waals surface area contributed by atoms with E-state index in [-0.39, 0.29) is 5.25 Å². The highest BCUT2D eigenvalue weighted by Gasteiger charge is 2.36.